The predicted molar refractivity (Wildman–Crippen MR) is 58.3 cm³/mol. The number of hydrogen-bond donors (Lipinski definition) is 0. The van der Waals surface area contributed by atoms with Crippen LogP contribution in [0.2, 0.25) is 5.02 Å². The summed E-state index contributed by atoms with van der Waals surface area (Å²) in [5, 5.41) is 4.92. The number of nitrogens with zero attached hydrogens (tertiary/aromatic N) is 2. The summed E-state index contributed by atoms with van der Waals surface area (Å²) in [4.78, 5) is 0. The van der Waals surface area contributed by atoms with Crippen LogP contribution in [0.3, 0.4) is 0 Å². The van der Waals surface area contributed by atoms with Crippen molar-refractivity contribution in [2.75, 3.05) is 0 Å². The molecule has 0 aliphatic rings. The van der Waals surface area contributed by atoms with Gasteiger partial charge in [-0.15, -0.1) is 0 Å². The maximum atomic E-state index is 5.94. The minimum Gasteiger partial charge on any atom is -0.268 e. The molecule has 1 aromatic rings. The lowest BCUT2D eigenvalue weighted by molar-refractivity contribution is 0.598. The lowest BCUT2D eigenvalue weighted by Gasteiger charge is -2.07. The quantitative estimate of drug-likeness (QED) is 0.715. The van der Waals surface area contributed by atoms with E-state index in [2.05, 4.69) is 25.9 Å². The summed E-state index contributed by atoms with van der Waals surface area (Å²) >= 11 is 5.94. The van der Waals surface area contributed by atoms with Gasteiger partial charge in [-0.25, -0.2) is 0 Å². The highest BCUT2D eigenvalue weighted by Crippen LogP contribution is 2.23. The van der Waals surface area contributed by atoms with Crippen LogP contribution < -0.4 is 0 Å². The summed E-state index contributed by atoms with van der Waals surface area (Å²) < 4.78 is 1.94. The molecule has 0 N–H and O–H groups in total. The molecule has 2 nitrogen and oxygen atoms in total. The Morgan fingerprint density at radius 2 is 2.00 bits per heavy atom. The Kier molecular flexibility index (Phi) is 5.80. The van der Waals surface area contributed by atoms with Crippen molar-refractivity contribution in [2.45, 2.75) is 47.1 Å². The van der Waals surface area contributed by atoms with Crippen molar-refractivity contribution in [2.24, 2.45) is 0 Å². The van der Waals surface area contributed by atoms with Gasteiger partial charge in [0.25, 0.3) is 0 Å². The minimum atomic E-state index is 0.449. The fourth-order valence-electron chi connectivity index (χ4n) is 1.20. The summed E-state index contributed by atoms with van der Waals surface area (Å²) in [5.74, 6) is 0.449. The van der Waals surface area contributed by atoms with Gasteiger partial charge in [0, 0.05) is 6.54 Å². The van der Waals surface area contributed by atoms with Gasteiger partial charge in [0.15, 0.2) is 0 Å². The fraction of sp³-hybridized carbons (Fsp3) is 0.700. The molecule has 0 atom stereocenters. The normalized spacial score (nSPS) is 9.77. The van der Waals surface area contributed by atoms with Gasteiger partial charge >= 0.3 is 0 Å². The van der Waals surface area contributed by atoms with Crippen LogP contribution in [0, 0.1) is 0 Å². The van der Waals surface area contributed by atoms with Gasteiger partial charge in [-0.1, -0.05) is 39.3 Å². The third kappa shape index (κ3) is 3.03. The van der Waals surface area contributed by atoms with Crippen molar-refractivity contribution >= 4 is 11.6 Å². The Morgan fingerprint density at radius 3 is 2.31 bits per heavy atom. The maximum Gasteiger partial charge on any atom is 0.0820 e. The molecule has 1 aromatic heterocycles. The topological polar surface area (TPSA) is 17.8 Å². The molecule has 13 heavy (non-hydrogen) atoms. The zero-order valence-electron chi connectivity index (χ0n) is 9.13. The van der Waals surface area contributed by atoms with Crippen molar-refractivity contribution in [3.63, 3.8) is 0 Å². The molecule has 0 saturated heterocycles. The fourth-order valence-corrected chi connectivity index (χ4v) is 1.56. The van der Waals surface area contributed by atoms with Crippen molar-refractivity contribution in [3.8, 4) is 0 Å². The monoisotopic (exact) mass is 202 g/mol. The molecule has 0 amide bonds. The standard InChI is InChI=1S/C8H13ClN2.C2H6/c1-4-11-8(6(2)3)7(9)5-10-11;1-2/h5-6H,4H2,1-3H3;1-2H3. The third-order valence-corrected chi connectivity index (χ3v) is 1.97. The van der Waals surface area contributed by atoms with Gasteiger partial charge in [-0.2, -0.15) is 5.10 Å². The number of aromatic nitrogens is 2. The summed E-state index contributed by atoms with van der Waals surface area (Å²) in [6, 6.07) is 0. The smallest absolute Gasteiger partial charge is 0.0820 e. The van der Waals surface area contributed by atoms with E-state index in [0.29, 0.717) is 5.92 Å². The highest BCUT2D eigenvalue weighted by molar-refractivity contribution is 6.31. The molecule has 0 fully saturated rings. The number of rotatable bonds is 2. The van der Waals surface area contributed by atoms with Crippen LogP contribution in [0.1, 0.15) is 46.2 Å². The first-order valence-electron chi connectivity index (χ1n) is 4.88. The lowest BCUT2D eigenvalue weighted by atomic mass is 10.1. The zero-order valence-corrected chi connectivity index (χ0v) is 9.89. The summed E-state index contributed by atoms with van der Waals surface area (Å²) in [7, 11) is 0. The van der Waals surface area contributed by atoms with Crippen molar-refractivity contribution in [3.05, 3.63) is 16.9 Å². The van der Waals surface area contributed by atoms with Crippen molar-refractivity contribution in [1.29, 1.82) is 0 Å². The van der Waals surface area contributed by atoms with E-state index in [1.165, 1.54) is 0 Å². The van der Waals surface area contributed by atoms with E-state index >= 15 is 0 Å². The molecular formula is C10H19ClN2. The molecule has 0 aliphatic carbocycles. The van der Waals surface area contributed by atoms with E-state index in [0.717, 1.165) is 17.3 Å². The maximum absolute atomic E-state index is 5.94. The first-order chi connectivity index (χ1) is 6.16. The van der Waals surface area contributed by atoms with E-state index in [1.807, 2.05) is 18.5 Å². The molecule has 0 radical (unpaired) electrons. The first-order valence-corrected chi connectivity index (χ1v) is 5.25. The zero-order chi connectivity index (χ0) is 10.4. The number of halogens is 1. The lowest BCUT2D eigenvalue weighted by Crippen LogP contribution is -2.03. The number of aryl methyl sites for hydroxylation is 1. The van der Waals surface area contributed by atoms with E-state index < -0.39 is 0 Å². The highest BCUT2D eigenvalue weighted by Gasteiger charge is 2.10. The van der Waals surface area contributed by atoms with Gasteiger partial charge in [-0.05, 0) is 12.8 Å². The van der Waals surface area contributed by atoms with Gasteiger partial charge in [0.1, 0.15) is 0 Å². The molecule has 0 saturated carbocycles. The Labute approximate surface area is 85.9 Å². The second-order valence-corrected chi connectivity index (χ2v) is 3.26. The Hall–Kier alpha value is -0.500. The third-order valence-electron chi connectivity index (χ3n) is 1.68. The molecule has 3 heteroatoms. The molecule has 0 aliphatic heterocycles. The van der Waals surface area contributed by atoms with Gasteiger partial charge in [-0.3, -0.25) is 4.68 Å². The molecule has 76 valence electrons. The second kappa shape index (κ2) is 6.03. The molecule has 0 unspecified atom stereocenters. The number of hydrogen-bond acceptors (Lipinski definition) is 1. The van der Waals surface area contributed by atoms with Crippen LogP contribution in [0.4, 0.5) is 0 Å². The van der Waals surface area contributed by atoms with Crippen molar-refractivity contribution in [1.82, 2.24) is 9.78 Å². The molecule has 1 heterocycles. The SMILES string of the molecule is CC.CCn1ncc(Cl)c1C(C)C. The molecule has 1 rings (SSSR count). The van der Waals surface area contributed by atoms with Crippen LogP contribution in [-0.4, -0.2) is 9.78 Å². The second-order valence-electron chi connectivity index (χ2n) is 2.85. The van der Waals surface area contributed by atoms with E-state index in [9.17, 15) is 0 Å². The highest BCUT2D eigenvalue weighted by atomic mass is 35.5. The Balaban J connectivity index is 0.000000671. The van der Waals surface area contributed by atoms with Crippen molar-refractivity contribution < 1.29 is 0 Å². The van der Waals surface area contributed by atoms with Gasteiger partial charge in [0.05, 0.1) is 16.9 Å². The van der Waals surface area contributed by atoms with Crippen LogP contribution in [-0.2, 0) is 6.54 Å². The van der Waals surface area contributed by atoms with Crippen LogP contribution >= 0.6 is 11.6 Å². The minimum absolute atomic E-state index is 0.449. The summed E-state index contributed by atoms with van der Waals surface area (Å²) in [6.45, 7) is 11.2. The van der Waals surface area contributed by atoms with Crippen LogP contribution in [0.15, 0.2) is 6.20 Å². The van der Waals surface area contributed by atoms with Crippen LogP contribution in [0.25, 0.3) is 0 Å². The van der Waals surface area contributed by atoms with E-state index in [4.69, 9.17) is 11.6 Å². The van der Waals surface area contributed by atoms with E-state index in [-0.39, 0.29) is 0 Å². The average Bonchev–Trinajstić information content (AvgIpc) is 2.50. The van der Waals surface area contributed by atoms with Crippen LogP contribution in [0.5, 0.6) is 0 Å². The summed E-state index contributed by atoms with van der Waals surface area (Å²) in [5.41, 5.74) is 1.13. The molecular weight excluding hydrogens is 184 g/mol. The summed E-state index contributed by atoms with van der Waals surface area (Å²) in [6.07, 6.45) is 1.71. The first kappa shape index (κ1) is 12.5. The van der Waals surface area contributed by atoms with Gasteiger partial charge in [0.2, 0.25) is 0 Å². The molecule has 0 bridgehead atoms. The predicted octanol–water partition coefficient (Wildman–Crippen LogP) is 3.71. The molecule has 0 spiro atoms. The Bertz CT molecular complexity index is 241. The van der Waals surface area contributed by atoms with Gasteiger partial charge < -0.3 is 0 Å². The largest absolute Gasteiger partial charge is 0.268 e. The average molecular weight is 203 g/mol. The van der Waals surface area contributed by atoms with E-state index in [1.54, 1.807) is 6.20 Å². The molecule has 0 aromatic carbocycles. The Morgan fingerprint density at radius 1 is 1.46 bits per heavy atom.